The van der Waals surface area contributed by atoms with E-state index >= 15 is 0 Å². The summed E-state index contributed by atoms with van der Waals surface area (Å²) >= 11 is 0. The van der Waals surface area contributed by atoms with E-state index in [0.29, 0.717) is 32.3 Å². The average Bonchev–Trinajstić information content (AvgIpc) is 3.97. The van der Waals surface area contributed by atoms with Gasteiger partial charge in [0.05, 0.1) is 25.4 Å². The van der Waals surface area contributed by atoms with Gasteiger partial charge in [-0.15, -0.1) is 0 Å². The molecule has 5 atom stereocenters. The van der Waals surface area contributed by atoms with E-state index < -0.39 is 11.9 Å². The van der Waals surface area contributed by atoms with Crippen LogP contribution in [0, 0.1) is 5.92 Å². The molecule has 1 aliphatic carbocycles. The van der Waals surface area contributed by atoms with Gasteiger partial charge in [0.15, 0.2) is 11.5 Å². The van der Waals surface area contributed by atoms with Crippen LogP contribution in [0.3, 0.4) is 0 Å². The Hall–Kier alpha value is -3.68. The Bertz CT molecular complexity index is 1620. The Morgan fingerprint density at radius 1 is 0.745 bits per heavy atom. The number of hydrogen-bond donors (Lipinski definition) is 0. The second kappa shape index (κ2) is 14.2. The van der Waals surface area contributed by atoms with Crippen LogP contribution in [0.5, 0.6) is 11.5 Å². The second-order valence-corrected chi connectivity index (χ2v) is 13.1. The lowest BCUT2D eigenvalue weighted by molar-refractivity contribution is -0.369. The number of methoxy groups -OCH3 is 1. The van der Waals surface area contributed by atoms with Crippen LogP contribution in [0.25, 0.3) is 0 Å². The molecule has 2 fully saturated rings. The van der Waals surface area contributed by atoms with Crippen molar-refractivity contribution in [2.75, 3.05) is 20.3 Å². The maximum Gasteiger partial charge on any atom is 0.224 e. The van der Waals surface area contributed by atoms with Crippen LogP contribution < -0.4 is 9.47 Å². The summed E-state index contributed by atoms with van der Waals surface area (Å²) in [6.07, 6.45) is 3.14. The molecule has 0 bridgehead atoms. The minimum atomic E-state index is -1.17. The highest BCUT2D eigenvalue weighted by Gasteiger charge is 2.56. The van der Waals surface area contributed by atoms with E-state index in [-0.39, 0.29) is 18.1 Å². The van der Waals surface area contributed by atoms with Crippen LogP contribution in [0.1, 0.15) is 72.4 Å². The SMILES string of the molecule is CC[C@H]1OC(OC)(c2ccc(C3CC3)c(Cc3ccc4c(c3)OCCO4)c2)[C@H](OCc2ccccc2)[C@@H](OCc2ccccc2)[C@@H]1C. The summed E-state index contributed by atoms with van der Waals surface area (Å²) in [5.41, 5.74) is 7.02. The third kappa shape index (κ3) is 6.84. The van der Waals surface area contributed by atoms with Crippen molar-refractivity contribution in [3.8, 4) is 11.5 Å². The van der Waals surface area contributed by atoms with Crippen LogP contribution >= 0.6 is 0 Å². The average molecular weight is 635 g/mol. The molecule has 0 aromatic heterocycles. The molecule has 1 unspecified atom stereocenters. The van der Waals surface area contributed by atoms with Gasteiger partial charge < -0.3 is 28.4 Å². The first-order valence-corrected chi connectivity index (χ1v) is 17.1. The Kier molecular flexibility index (Phi) is 9.64. The molecule has 2 aliphatic heterocycles. The highest BCUT2D eigenvalue weighted by molar-refractivity contribution is 5.47. The fourth-order valence-corrected chi connectivity index (χ4v) is 7.23. The van der Waals surface area contributed by atoms with Crippen LogP contribution in [0.2, 0.25) is 0 Å². The lowest BCUT2D eigenvalue weighted by Crippen LogP contribution is -2.62. The first kappa shape index (κ1) is 31.9. The van der Waals surface area contributed by atoms with E-state index in [0.717, 1.165) is 41.0 Å². The molecule has 0 spiro atoms. The molecule has 4 aromatic carbocycles. The first-order chi connectivity index (χ1) is 23.1. The maximum absolute atomic E-state index is 7.09. The predicted molar refractivity (Wildman–Crippen MR) is 182 cm³/mol. The van der Waals surface area contributed by atoms with Crippen LogP contribution in [-0.4, -0.2) is 38.6 Å². The molecule has 0 radical (unpaired) electrons. The molecule has 1 saturated heterocycles. The number of hydrogen-bond acceptors (Lipinski definition) is 6. The van der Waals surface area contributed by atoms with Crippen molar-refractivity contribution in [2.45, 2.75) is 82.8 Å². The quantitative estimate of drug-likeness (QED) is 0.156. The molecule has 246 valence electrons. The van der Waals surface area contributed by atoms with E-state index in [2.05, 4.69) is 80.6 Å². The van der Waals surface area contributed by atoms with Crippen molar-refractivity contribution in [3.05, 3.63) is 130 Å². The monoisotopic (exact) mass is 634 g/mol. The summed E-state index contributed by atoms with van der Waals surface area (Å²) in [7, 11) is 1.74. The number of fused-ring (bicyclic) bond motifs is 1. The molecule has 47 heavy (non-hydrogen) atoms. The normalized spacial score (nSPS) is 25.4. The first-order valence-electron chi connectivity index (χ1n) is 17.1. The van der Waals surface area contributed by atoms with E-state index in [4.69, 9.17) is 28.4 Å². The van der Waals surface area contributed by atoms with Gasteiger partial charge in [-0.3, -0.25) is 0 Å². The largest absolute Gasteiger partial charge is 0.486 e. The molecule has 2 heterocycles. The molecule has 6 heteroatoms. The smallest absolute Gasteiger partial charge is 0.224 e. The van der Waals surface area contributed by atoms with E-state index in [9.17, 15) is 0 Å². The van der Waals surface area contributed by atoms with Gasteiger partial charge in [-0.25, -0.2) is 0 Å². The highest BCUT2D eigenvalue weighted by Crippen LogP contribution is 2.48. The molecule has 3 aliphatic rings. The standard InChI is InChI=1S/C41H46O6/c1-4-36-28(2)39(45-26-29-11-7-5-8-12-29)40(46-27-30-13-9-6-10-14-30)41(42-3,47-36)34-18-19-35(32-16-17-32)33(25-34)23-31-15-20-37-38(24-31)44-22-21-43-37/h5-15,18-20,24-25,28,32,36,39-40H,4,16-17,21-23,26-27H2,1-3H3/t28-,36-,39+,40-,41?/m1/s1. The molecule has 7 rings (SSSR count). The van der Waals surface area contributed by atoms with Crippen LogP contribution in [0.4, 0.5) is 0 Å². The summed E-state index contributed by atoms with van der Waals surface area (Å²) in [4.78, 5) is 0. The van der Waals surface area contributed by atoms with Gasteiger partial charge in [0.25, 0.3) is 0 Å². The van der Waals surface area contributed by atoms with Crippen LogP contribution in [0.15, 0.2) is 97.1 Å². The molecule has 6 nitrogen and oxygen atoms in total. The van der Waals surface area contributed by atoms with Gasteiger partial charge in [-0.05, 0) is 77.6 Å². The van der Waals surface area contributed by atoms with E-state index in [1.54, 1.807) is 7.11 Å². The van der Waals surface area contributed by atoms with Gasteiger partial charge in [-0.2, -0.15) is 0 Å². The minimum absolute atomic E-state index is 0.0793. The lowest BCUT2D eigenvalue weighted by Gasteiger charge is -2.52. The van der Waals surface area contributed by atoms with Gasteiger partial charge in [0.2, 0.25) is 5.79 Å². The Morgan fingerprint density at radius 3 is 2.09 bits per heavy atom. The molecule has 1 saturated carbocycles. The molecule has 4 aromatic rings. The lowest BCUT2D eigenvalue weighted by atomic mass is 9.81. The predicted octanol–water partition coefficient (Wildman–Crippen LogP) is 8.34. The molecular weight excluding hydrogens is 588 g/mol. The van der Waals surface area contributed by atoms with Crippen molar-refractivity contribution in [1.82, 2.24) is 0 Å². The van der Waals surface area contributed by atoms with Crippen LogP contribution in [-0.2, 0) is 44.4 Å². The number of benzene rings is 4. The van der Waals surface area contributed by atoms with Gasteiger partial charge in [-0.1, -0.05) is 92.7 Å². The van der Waals surface area contributed by atoms with Crippen molar-refractivity contribution in [2.24, 2.45) is 5.92 Å². The second-order valence-electron chi connectivity index (χ2n) is 13.1. The molecular formula is C41H46O6. The Labute approximate surface area is 278 Å². The highest BCUT2D eigenvalue weighted by atomic mass is 16.7. The topological polar surface area (TPSA) is 55.4 Å². The van der Waals surface area contributed by atoms with Gasteiger partial charge >= 0.3 is 0 Å². The third-order valence-corrected chi connectivity index (χ3v) is 9.93. The summed E-state index contributed by atoms with van der Waals surface area (Å²) < 4.78 is 39.1. The van der Waals surface area contributed by atoms with E-state index in [1.807, 2.05) is 30.3 Å². The Morgan fingerprint density at radius 2 is 1.43 bits per heavy atom. The summed E-state index contributed by atoms with van der Waals surface area (Å²) in [6.45, 7) is 6.44. The van der Waals surface area contributed by atoms with Crippen molar-refractivity contribution in [1.29, 1.82) is 0 Å². The summed E-state index contributed by atoms with van der Waals surface area (Å²) in [5.74, 6) is 1.11. The summed E-state index contributed by atoms with van der Waals surface area (Å²) in [6, 6.07) is 33.7. The molecule has 0 N–H and O–H groups in total. The fraction of sp³-hybridized carbons (Fsp3) is 0.415. The maximum atomic E-state index is 7.09. The minimum Gasteiger partial charge on any atom is -0.486 e. The zero-order valence-electron chi connectivity index (χ0n) is 27.7. The zero-order chi connectivity index (χ0) is 32.2. The van der Waals surface area contributed by atoms with Crippen molar-refractivity contribution in [3.63, 3.8) is 0 Å². The van der Waals surface area contributed by atoms with E-state index in [1.165, 1.54) is 29.5 Å². The Balaban J connectivity index is 1.27. The molecule has 0 amide bonds. The zero-order valence-corrected chi connectivity index (χ0v) is 27.7. The van der Waals surface area contributed by atoms with Gasteiger partial charge in [0, 0.05) is 18.6 Å². The van der Waals surface area contributed by atoms with Gasteiger partial charge in [0.1, 0.15) is 19.3 Å². The fourth-order valence-electron chi connectivity index (χ4n) is 7.23. The van der Waals surface area contributed by atoms with Crippen molar-refractivity contribution < 1.29 is 28.4 Å². The van der Waals surface area contributed by atoms with Crippen molar-refractivity contribution >= 4 is 0 Å². The number of ether oxygens (including phenoxy) is 6. The third-order valence-electron chi connectivity index (χ3n) is 9.93. The summed E-state index contributed by atoms with van der Waals surface area (Å²) in [5, 5.41) is 0. The number of rotatable bonds is 12.